The van der Waals surface area contributed by atoms with E-state index in [1.165, 1.54) is 25.7 Å². The first-order chi connectivity index (χ1) is 8.26. The smallest absolute Gasteiger partial charge is 0.0558 e. The van der Waals surface area contributed by atoms with E-state index in [0.29, 0.717) is 13.1 Å². The highest BCUT2D eigenvalue weighted by Crippen LogP contribution is 2.35. The van der Waals surface area contributed by atoms with Crippen molar-refractivity contribution < 1.29 is 15.3 Å². The number of hydrogen-bond donors (Lipinski definition) is 3. The van der Waals surface area contributed by atoms with Gasteiger partial charge in [0.15, 0.2) is 0 Å². The first-order valence-electron chi connectivity index (χ1n) is 6.81. The number of nitrogens with zero attached hydrogens (tertiary/aromatic N) is 1. The molecule has 0 heterocycles. The summed E-state index contributed by atoms with van der Waals surface area (Å²) in [6.45, 7) is 2.42. The maximum atomic E-state index is 9.70. The first kappa shape index (κ1) is 14.9. The standard InChI is InChI=1S/C13H27NO3/c15-9-7-14(8-10-16)11-13(12-17)5-3-1-2-4-6-13/h15-17H,1-12H2. The minimum Gasteiger partial charge on any atom is -0.396 e. The van der Waals surface area contributed by atoms with E-state index in [9.17, 15) is 5.11 Å². The molecule has 1 fully saturated rings. The van der Waals surface area contributed by atoms with Crippen molar-refractivity contribution in [1.29, 1.82) is 0 Å². The molecule has 0 saturated heterocycles. The lowest BCUT2D eigenvalue weighted by molar-refractivity contribution is 0.0453. The molecule has 0 unspecified atom stereocenters. The highest BCUT2D eigenvalue weighted by Gasteiger charge is 2.32. The van der Waals surface area contributed by atoms with Crippen molar-refractivity contribution in [2.75, 3.05) is 39.5 Å². The summed E-state index contributed by atoms with van der Waals surface area (Å²) < 4.78 is 0. The molecule has 0 aromatic rings. The molecule has 0 bridgehead atoms. The summed E-state index contributed by atoms with van der Waals surface area (Å²) in [5, 5.41) is 27.7. The van der Waals surface area contributed by atoms with E-state index >= 15 is 0 Å². The van der Waals surface area contributed by atoms with E-state index in [0.717, 1.165) is 19.4 Å². The van der Waals surface area contributed by atoms with Gasteiger partial charge in [0.05, 0.1) is 13.2 Å². The molecule has 0 radical (unpaired) electrons. The normalized spacial score (nSPS) is 20.5. The van der Waals surface area contributed by atoms with Crippen LogP contribution in [-0.4, -0.2) is 59.7 Å². The molecule has 1 aliphatic rings. The molecular weight excluding hydrogens is 218 g/mol. The summed E-state index contributed by atoms with van der Waals surface area (Å²) in [7, 11) is 0. The van der Waals surface area contributed by atoms with Gasteiger partial charge in [-0.1, -0.05) is 25.7 Å². The van der Waals surface area contributed by atoms with Gasteiger partial charge in [0.1, 0.15) is 0 Å². The van der Waals surface area contributed by atoms with Gasteiger partial charge in [-0.25, -0.2) is 0 Å². The molecule has 1 saturated carbocycles. The predicted octanol–water partition coefficient (Wildman–Crippen LogP) is 0.606. The molecule has 0 amide bonds. The van der Waals surface area contributed by atoms with Crippen molar-refractivity contribution in [3.63, 3.8) is 0 Å². The van der Waals surface area contributed by atoms with Crippen molar-refractivity contribution >= 4 is 0 Å². The van der Waals surface area contributed by atoms with Crippen LogP contribution in [0.1, 0.15) is 38.5 Å². The van der Waals surface area contributed by atoms with Crippen molar-refractivity contribution in [2.45, 2.75) is 38.5 Å². The Kier molecular flexibility index (Phi) is 7.04. The summed E-state index contributed by atoms with van der Waals surface area (Å²) in [6.07, 6.45) is 7.04. The van der Waals surface area contributed by atoms with Gasteiger partial charge in [-0.05, 0) is 12.8 Å². The van der Waals surface area contributed by atoms with Crippen molar-refractivity contribution in [3.8, 4) is 0 Å². The van der Waals surface area contributed by atoms with Gasteiger partial charge in [-0.3, -0.25) is 4.90 Å². The molecule has 1 rings (SSSR count). The van der Waals surface area contributed by atoms with E-state index in [2.05, 4.69) is 4.90 Å². The third kappa shape index (κ3) is 4.92. The van der Waals surface area contributed by atoms with Crippen LogP contribution in [0.4, 0.5) is 0 Å². The lowest BCUT2D eigenvalue weighted by Gasteiger charge is -2.36. The van der Waals surface area contributed by atoms with Crippen molar-refractivity contribution in [3.05, 3.63) is 0 Å². The van der Waals surface area contributed by atoms with Gasteiger partial charge in [-0.2, -0.15) is 0 Å². The van der Waals surface area contributed by atoms with E-state index in [-0.39, 0.29) is 25.2 Å². The molecule has 0 spiro atoms. The lowest BCUT2D eigenvalue weighted by atomic mass is 9.80. The van der Waals surface area contributed by atoms with Crippen LogP contribution in [-0.2, 0) is 0 Å². The SMILES string of the molecule is OCCN(CCO)CC1(CO)CCCCCC1. The van der Waals surface area contributed by atoms with Crippen LogP contribution in [0.15, 0.2) is 0 Å². The maximum Gasteiger partial charge on any atom is 0.0558 e. The van der Waals surface area contributed by atoms with Crippen LogP contribution in [0, 0.1) is 5.41 Å². The fourth-order valence-electron chi connectivity index (χ4n) is 2.87. The Balaban J connectivity index is 2.56. The molecule has 0 aliphatic heterocycles. The maximum absolute atomic E-state index is 9.70. The molecule has 102 valence electrons. The minimum absolute atomic E-state index is 0.0131. The molecule has 0 aromatic heterocycles. The molecule has 0 atom stereocenters. The third-order valence-electron chi connectivity index (χ3n) is 3.89. The Hall–Kier alpha value is -0.160. The van der Waals surface area contributed by atoms with E-state index in [4.69, 9.17) is 10.2 Å². The molecular formula is C13H27NO3. The number of hydrogen-bond acceptors (Lipinski definition) is 4. The van der Waals surface area contributed by atoms with E-state index < -0.39 is 0 Å². The topological polar surface area (TPSA) is 63.9 Å². The lowest BCUT2D eigenvalue weighted by Crippen LogP contribution is -2.42. The zero-order valence-corrected chi connectivity index (χ0v) is 10.8. The monoisotopic (exact) mass is 245 g/mol. The van der Waals surface area contributed by atoms with Crippen LogP contribution in [0.2, 0.25) is 0 Å². The molecule has 4 heteroatoms. The highest BCUT2D eigenvalue weighted by molar-refractivity contribution is 4.84. The van der Waals surface area contributed by atoms with E-state index in [1.54, 1.807) is 0 Å². The van der Waals surface area contributed by atoms with Crippen LogP contribution in [0.25, 0.3) is 0 Å². The summed E-state index contributed by atoms with van der Waals surface area (Å²) >= 11 is 0. The zero-order chi connectivity index (χ0) is 12.6. The summed E-state index contributed by atoms with van der Waals surface area (Å²) in [4.78, 5) is 2.07. The molecule has 17 heavy (non-hydrogen) atoms. The highest BCUT2D eigenvalue weighted by atomic mass is 16.3. The molecule has 0 aromatic carbocycles. The Bertz CT molecular complexity index is 185. The molecule has 3 N–H and O–H groups in total. The average molecular weight is 245 g/mol. The van der Waals surface area contributed by atoms with Gasteiger partial charge in [0, 0.05) is 31.7 Å². The van der Waals surface area contributed by atoms with Crippen LogP contribution in [0.3, 0.4) is 0 Å². The minimum atomic E-state index is -0.0131. The van der Waals surface area contributed by atoms with Crippen LogP contribution >= 0.6 is 0 Å². The largest absolute Gasteiger partial charge is 0.396 e. The average Bonchev–Trinajstić information content (AvgIpc) is 2.56. The number of rotatable bonds is 7. The van der Waals surface area contributed by atoms with Crippen molar-refractivity contribution in [2.24, 2.45) is 5.41 Å². The second kappa shape index (κ2) is 8.03. The van der Waals surface area contributed by atoms with Gasteiger partial charge >= 0.3 is 0 Å². The second-order valence-electron chi connectivity index (χ2n) is 5.30. The third-order valence-corrected chi connectivity index (χ3v) is 3.89. The Labute approximate surface area is 104 Å². The predicted molar refractivity (Wildman–Crippen MR) is 67.8 cm³/mol. The van der Waals surface area contributed by atoms with Crippen LogP contribution < -0.4 is 0 Å². The Morgan fingerprint density at radius 3 is 1.76 bits per heavy atom. The van der Waals surface area contributed by atoms with Gasteiger partial charge in [0.25, 0.3) is 0 Å². The summed E-state index contributed by atoms with van der Waals surface area (Å²) in [6, 6.07) is 0. The quantitative estimate of drug-likeness (QED) is 0.575. The van der Waals surface area contributed by atoms with Gasteiger partial charge in [0.2, 0.25) is 0 Å². The summed E-state index contributed by atoms with van der Waals surface area (Å²) in [5.41, 5.74) is -0.0131. The fourth-order valence-corrected chi connectivity index (χ4v) is 2.87. The first-order valence-corrected chi connectivity index (χ1v) is 6.81. The van der Waals surface area contributed by atoms with Gasteiger partial charge in [-0.15, -0.1) is 0 Å². The molecule has 1 aliphatic carbocycles. The van der Waals surface area contributed by atoms with Crippen LogP contribution in [0.5, 0.6) is 0 Å². The number of aliphatic hydroxyl groups excluding tert-OH is 3. The second-order valence-corrected chi connectivity index (χ2v) is 5.30. The summed E-state index contributed by atoms with van der Waals surface area (Å²) in [5.74, 6) is 0. The molecule has 4 nitrogen and oxygen atoms in total. The zero-order valence-electron chi connectivity index (χ0n) is 10.8. The fraction of sp³-hybridized carbons (Fsp3) is 1.00. The van der Waals surface area contributed by atoms with E-state index in [1.807, 2.05) is 0 Å². The van der Waals surface area contributed by atoms with Gasteiger partial charge < -0.3 is 15.3 Å². The Morgan fingerprint density at radius 1 is 0.824 bits per heavy atom. The van der Waals surface area contributed by atoms with Crippen molar-refractivity contribution in [1.82, 2.24) is 4.90 Å². The Morgan fingerprint density at radius 2 is 1.35 bits per heavy atom. The number of aliphatic hydroxyl groups is 3.